The van der Waals surface area contributed by atoms with Crippen LogP contribution in [0.5, 0.6) is 17.2 Å². The second-order valence-electron chi connectivity index (χ2n) is 5.12. The standard InChI is InChI=1S/C18H15NO5S/c1-23-14-6-4-3-5-12(14)19-17(21)16(25-18(19)22)10-11-7-8-13(20)15(9-11)24-2/h3-10,20H,1-2H3/b16-10-. The number of hydrogen-bond donors (Lipinski definition) is 1. The molecule has 1 saturated heterocycles. The van der Waals surface area contributed by atoms with Crippen LogP contribution in [-0.4, -0.2) is 30.5 Å². The maximum absolute atomic E-state index is 12.7. The van der Waals surface area contributed by atoms with Crippen molar-refractivity contribution in [3.8, 4) is 17.2 Å². The lowest BCUT2D eigenvalue weighted by atomic mass is 10.2. The predicted molar refractivity (Wildman–Crippen MR) is 96.1 cm³/mol. The second-order valence-corrected chi connectivity index (χ2v) is 6.11. The highest BCUT2D eigenvalue weighted by molar-refractivity contribution is 8.19. The predicted octanol–water partition coefficient (Wildman–Crippen LogP) is 3.65. The number of para-hydroxylation sites is 2. The lowest BCUT2D eigenvalue weighted by Gasteiger charge is -2.15. The Morgan fingerprint density at radius 1 is 1.04 bits per heavy atom. The van der Waals surface area contributed by atoms with Gasteiger partial charge in [-0.3, -0.25) is 9.59 Å². The Balaban J connectivity index is 1.96. The fourth-order valence-electron chi connectivity index (χ4n) is 2.43. The molecule has 0 atom stereocenters. The third-order valence-electron chi connectivity index (χ3n) is 3.62. The van der Waals surface area contributed by atoms with Crippen LogP contribution in [0.3, 0.4) is 0 Å². The van der Waals surface area contributed by atoms with E-state index in [0.717, 1.165) is 16.7 Å². The van der Waals surface area contributed by atoms with E-state index in [-0.39, 0.29) is 16.4 Å². The third-order valence-corrected chi connectivity index (χ3v) is 4.49. The number of anilines is 1. The first-order chi connectivity index (χ1) is 12.0. The molecule has 1 heterocycles. The van der Waals surface area contributed by atoms with Crippen molar-refractivity contribution < 1.29 is 24.2 Å². The Hall–Kier alpha value is -2.93. The van der Waals surface area contributed by atoms with E-state index in [2.05, 4.69) is 0 Å². The number of carbonyl (C=O) groups excluding carboxylic acids is 2. The Morgan fingerprint density at radius 3 is 2.48 bits per heavy atom. The number of benzene rings is 2. The molecule has 128 valence electrons. The summed E-state index contributed by atoms with van der Waals surface area (Å²) in [5, 5.41) is 9.25. The SMILES string of the molecule is COc1cc(/C=C2\SC(=O)N(c3ccccc3OC)C2=O)ccc1O. The minimum absolute atomic E-state index is 0.00164. The molecule has 2 amide bonds. The van der Waals surface area contributed by atoms with Crippen molar-refractivity contribution in [2.45, 2.75) is 0 Å². The molecule has 0 bridgehead atoms. The lowest BCUT2D eigenvalue weighted by Crippen LogP contribution is -2.28. The van der Waals surface area contributed by atoms with Crippen LogP contribution in [0.4, 0.5) is 10.5 Å². The molecule has 2 aromatic rings. The molecule has 1 aliphatic rings. The van der Waals surface area contributed by atoms with Crippen LogP contribution >= 0.6 is 11.8 Å². The number of phenolic OH excluding ortho intramolecular Hbond substituents is 1. The first-order valence-corrected chi connectivity index (χ1v) is 8.14. The van der Waals surface area contributed by atoms with E-state index in [1.54, 1.807) is 42.5 Å². The molecule has 7 heteroatoms. The Morgan fingerprint density at radius 2 is 1.76 bits per heavy atom. The summed E-state index contributed by atoms with van der Waals surface area (Å²) in [6, 6.07) is 11.5. The molecule has 3 rings (SSSR count). The quantitative estimate of drug-likeness (QED) is 0.842. The maximum Gasteiger partial charge on any atom is 0.298 e. The third kappa shape index (κ3) is 3.18. The van der Waals surface area contributed by atoms with Gasteiger partial charge in [-0.05, 0) is 47.7 Å². The molecule has 0 aliphatic carbocycles. The lowest BCUT2D eigenvalue weighted by molar-refractivity contribution is -0.113. The Kier molecular flexibility index (Phi) is 4.67. The maximum atomic E-state index is 12.7. The minimum atomic E-state index is -0.424. The molecule has 6 nitrogen and oxygen atoms in total. The minimum Gasteiger partial charge on any atom is -0.504 e. The number of ether oxygens (including phenoxy) is 2. The molecule has 0 spiro atoms. The smallest absolute Gasteiger partial charge is 0.298 e. The van der Waals surface area contributed by atoms with Gasteiger partial charge in [-0.15, -0.1) is 0 Å². The molecule has 1 N–H and O–H groups in total. The molecule has 0 saturated carbocycles. The van der Waals surface area contributed by atoms with Crippen LogP contribution in [0.15, 0.2) is 47.4 Å². The van der Waals surface area contributed by atoms with Gasteiger partial charge in [0.2, 0.25) is 0 Å². The number of amides is 2. The van der Waals surface area contributed by atoms with Crippen molar-refractivity contribution in [3.63, 3.8) is 0 Å². The zero-order valence-corrected chi connectivity index (χ0v) is 14.4. The summed E-state index contributed by atoms with van der Waals surface area (Å²) >= 11 is 0.848. The van der Waals surface area contributed by atoms with Gasteiger partial charge in [0.25, 0.3) is 11.1 Å². The zero-order chi connectivity index (χ0) is 18.0. The highest BCUT2D eigenvalue weighted by Gasteiger charge is 2.37. The van der Waals surface area contributed by atoms with Gasteiger partial charge in [0.05, 0.1) is 24.8 Å². The average molecular weight is 357 g/mol. The van der Waals surface area contributed by atoms with Gasteiger partial charge in [0.1, 0.15) is 5.75 Å². The van der Waals surface area contributed by atoms with E-state index in [4.69, 9.17) is 9.47 Å². The number of carbonyl (C=O) groups is 2. The van der Waals surface area contributed by atoms with Gasteiger partial charge >= 0.3 is 0 Å². The number of phenols is 1. The number of imide groups is 1. The van der Waals surface area contributed by atoms with Gasteiger partial charge in [-0.2, -0.15) is 0 Å². The van der Waals surface area contributed by atoms with Crippen LogP contribution in [-0.2, 0) is 4.79 Å². The van der Waals surface area contributed by atoms with Crippen molar-refractivity contribution in [1.82, 2.24) is 0 Å². The highest BCUT2D eigenvalue weighted by atomic mass is 32.2. The van der Waals surface area contributed by atoms with Crippen LogP contribution < -0.4 is 14.4 Å². The van der Waals surface area contributed by atoms with Crippen LogP contribution in [0.1, 0.15) is 5.56 Å². The summed E-state index contributed by atoms with van der Waals surface area (Å²) in [5.74, 6) is 0.309. The van der Waals surface area contributed by atoms with Gasteiger partial charge in [0, 0.05) is 0 Å². The van der Waals surface area contributed by atoms with Crippen molar-refractivity contribution in [1.29, 1.82) is 0 Å². The highest BCUT2D eigenvalue weighted by Crippen LogP contribution is 2.40. The van der Waals surface area contributed by atoms with Crippen molar-refractivity contribution in [2.75, 3.05) is 19.1 Å². The molecule has 0 radical (unpaired) electrons. The summed E-state index contributed by atoms with van der Waals surface area (Å²) in [4.78, 5) is 26.4. The number of aromatic hydroxyl groups is 1. The topological polar surface area (TPSA) is 76.1 Å². The molecule has 0 unspecified atom stereocenters. The van der Waals surface area contributed by atoms with E-state index >= 15 is 0 Å². The molecule has 0 aromatic heterocycles. The number of methoxy groups -OCH3 is 2. The fraction of sp³-hybridized carbons (Fsp3) is 0.111. The first kappa shape index (κ1) is 16.9. The fourth-order valence-corrected chi connectivity index (χ4v) is 3.26. The van der Waals surface area contributed by atoms with Crippen molar-refractivity contribution >= 4 is 34.7 Å². The number of rotatable bonds is 4. The van der Waals surface area contributed by atoms with Crippen LogP contribution in [0, 0.1) is 0 Å². The van der Waals surface area contributed by atoms with Crippen molar-refractivity contribution in [3.05, 3.63) is 52.9 Å². The van der Waals surface area contributed by atoms with Crippen LogP contribution in [0.25, 0.3) is 6.08 Å². The summed E-state index contributed by atoms with van der Waals surface area (Å²) in [6.45, 7) is 0. The van der Waals surface area contributed by atoms with Gasteiger partial charge in [0.15, 0.2) is 11.5 Å². The first-order valence-electron chi connectivity index (χ1n) is 7.33. The zero-order valence-electron chi connectivity index (χ0n) is 13.6. The normalized spacial score (nSPS) is 15.8. The van der Waals surface area contributed by atoms with Gasteiger partial charge in [-0.1, -0.05) is 18.2 Å². The monoisotopic (exact) mass is 357 g/mol. The van der Waals surface area contributed by atoms with Crippen LogP contribution in [0.2, 0.25) is 0 Å². The Bertz CT molecular complexity index is 878. The van der Waals surface area contributed by atoms with E-state index < -0.39 is 11.1 Å². The summed E-state index contributed by atoms with van der Waals surface area (Å²) in [5.41, 5.74) is 1.04. The van der Waals surface area contributed by atoms with E-state index in [1.165, 1.54) is 20.3 Å². The molecule has 25 heavy (non-hydrogen) atoms. The van der Waals surface area contributed by atoms with Gasteiger partial charge in [-0.25, -0.2) is 4.90 Å². The van der Waals surface area contributed by atoms with Crippen molar-refractivity contribution in [2.24, 2.45) is 0 Å². The largest absolute Gasteiger partial charge is 0.504 e. The molecule has 2 aromatic carbocycles. The number of nitrogens with zero attached hydrogens (tertiary/aromatic N) is 1. The average Bonchev–Trinajstić information content (AvgIpc) is 2.90. The number of thioether (sulfide) groups is 1. The molecular weight excluding hydrogens is 342 g/mol. The van der Waals surface area contributed by atoms with E-state index in [9.17, 15) is 14.7 Å². The molecular formula is C18H15NO5S. The van der Waals surface area contributed by atoms with E-state index in [1.807, 2.05) is 0 Å². The summed E-state index contributed by atoms with van der Waals surface area (Å²) < 4.78 is 10.3. The number of hydrogen-bond acceptors (Lipinski definition) is 6. The molecule has 1 aliphatic heterocycles. The summed E-state index contributed by atoms with van der Waals surface area (Å²) in [7, 11) is 2.92. The van der Waals surface area contributed by atoms with Gasteiger partial charge < -0.3 is 14.6 Å². The molecule has 1 fully saturated rings. The Labute approximate surface area is 148 Å². The second kappa shape index (κ2) is 6.90. The van der Waals surface area contributed by atoms with E-state index in [0.29, 0.717) is 17.0 Å². The summed E-state index contributed by atoms with van der Waals surface area (Å²) in [6.07, 6.45) is 1.59.